The lowest BCUT2D eigenvalue weighted by Gasteiger charge is -2.26. The van der Waals surface area contributed by atoms with Crippen LogP contribution in [-0.2, 0) is 14.4 Å². The minimum Gasteiger partial charge on any atom is -0.481 e. The first-order valence-corrected chi connectivity index (χ1v) is 4.92. The Balaban J connectivity index is 4.30. The van der Waals surface area contributed by atoms with E-state index in [9.17, 15) is 14.4 Å². The number of carboxylic acids is 2. The summed E-state index contributed by atoms with van der Waals surface area (Å²) in [5, 5.41) is 19.6. The van der Waals surface area contributed by atoms with Crippen molar-refractivity contribution in [3.63, 3.8) is 0 Å². The van der Waals surface area contributed by atoms with Crippen LogP contribution in [0.5, 0.6) is 0 Å². The van der Waals surface area contributed by atoms with Gasteiger partial charge in [0.25, 0.3) is 0 Å². The Morgan fingerprint density at radius 2 is 1.75 bits per heavy atom. The molecule has 16 heavy (non-hydrogen) atoms. The Hall–Kier alpha value is -1.59. The predicted octanol–water partition coefficient (Wildman–Crippen LogP) is 0.467. The van der Waals surface area contributed by atoms with Gasteiger partial charge in [-0.25, -0.2) is 0 Å². The maximum atomic E-state index is 11.4. The SMILES string of the molecule is CC(C(=O)O)C(=O)NC(C)(C)CCC(=O)O. The fraction of sp³-hybridized carbons (Fsp3) is 0.700. The van der Waals surface area contributed by atoms with E-state index in [1.165, 1.54) is 6.92 Å². The van der Waals surface area contributed by atoms with E-state index in [2.05, 4.69) is 5.32 Å². The Kier molecular flexibility index (Phi) is 4.94. The molecule has 0 fully saturated rings. The van der Waals surface area contributed by atoms with Crippen molar-refractivity contribution < 1.29 is 24.6 Å². The van der Waals surface area contributed by atoms with E-state index < -0.39 is 29.3 Å². The number of nitrogens with one attached hydrogen (secondary N) is 1. The van der Waals surface area contributed by atoms with Crippen LogP contribution in [-0.4, -0.2) is 33.6 Å². The average molecular weight is 231 g/mol. The van der Waals surface area contributed by atoms with Crippen molar-refractivity contribution in [3.8, 4) is 0 Å². The van der Waals surface area contributed by atoms with Crippen molar-refractivity contribution in [1.82, 2.24) is 5.32 Å². The normalized spacial score (nSPS) is 12.9. The molecule has 6 nitrogen and oxygen atoms in total. The number of rotatable bonds is 6. The number of carboxylic acid groups (broad SMARTS) is 2. The largest absolute Gasteiger partial charge is 0.481 e. The Morgan fingerprint density at radius 1 is 1.25 bits per heavy atom. The first kappa shape index (κ1) is 14.4. The van der Waals surface area contributed by atoms with Crippen LogP contribution in [0.15, 0.2) is 0 Å². The first-order valence-electron chi connectivity index (χ1n) is 4.92. The number of carbonyl (C=O) groups is 3. The summed E-state index contributed by atoms with van der Waals surface area (Å²) in [5.41, 5.74) is -0.723. The lowest BCUT2D eigenvalue weighted by molar-refractivity contribution is -0.147. The van der Waals surface area contributed by atoms with Crippen LogP contribution in [0.3, 0.4) is 0 Å². The average Bonchev–Trinajstić information content (AvgIpc) is 2.12. The molecule has 0 aromatic carbocycles. The highest BCUT2D eigenvalue weighted by Gasteiger charge is 2.27. The van der Waals surface area contributed by atoms with E-state index in [0.717, 1.165) is 0 Å². The highest BCUT2D eigenvalue weighted by molar-refractivity contribution is 5.96. The molecule has 0 aliphatic heterocycles. The molecular weight excluding hydrogens is 214 g/mol. The Morgan fingerprint density at radius 3 is 2.12 bits per heavy atom. The van der Waals surface area contributed by atoms with Gasteiger partial charge in [-0.05, 0) is 27.2 Å². The van der Waals surface area contributed by atoms with E-state index in [0.29, 0.717) is 0 Å². The topological polar surface area (TPSA) is 104 Å². The van der Waals surface area contributed by atoms with E-state index in [1.807, 2.05) is 0 Å². The second-order valence-electron chi connectivity index (χ2n) is 4.33. The van der Waals surface area contributed by atoms with Crippen molar-refractivity contribution in [2.75, 3.05) is 0 Å². The van der Waals surface area contributed by atoms with Crippen molar-refractivity contribution in [1.29, 1.82) is 0 Å². The van der Waals surface area contributed by atoms with Gasteiger partial charge in [-0.1, -0.05) is 0 Å². The third kappa shape index (κ3) is 5.33. The van der Waals surface area contributed by atoms with Gasteiger partial charge in [-0.3, -0.25) is 14.4 Å². The molecule has 0 saturated carbocycles. The third-order valence-electron chi connectivity index (χ3n) is 2.19. The first-order chi connectivity index (χ1) is 7.15. The van der Waals surface area contributed by atoms with Gasteiger partial charge in [0.15, 0.2) is 0 Å². The summed E-state index contributed by atoms with van der Waals surface area (Å²) in [6.07, 6.45) is 0.176. The summed E-state index contributed by atoms with van der Waals surface area (Å²) in [6.45, 7) is 4.59. The summed E-state index contributed by atoms with van der Waals surface area (Å²) in [4.78, 5) is 32.3. The number of amides is 1. The van der Waals surface area contributed by atoms with Crippen LogP contribution >= 0.6 is 0 Å². The maximum Gasteiger partial charge on any atom is 0.315 e. The fourth-order valence-corrected chi connectivity index (χ4v) is 1.04. The van der Waals surface area contributed by atoms with Gasteiger partial charge in [-0.2, -0.15) is 0 Å². The van der Waals surface area contributed by atoms with E-state index in [-0.39, 0.29) is 12.8 Å². The molecule has 0 radical (unpaired) electrons. The van der Waals surface area contributed by atoms with Crippen LogP contribution < -0.4 is 5.32 Å². The summed E-state index contributed by atoms with van der Waals surface area (Å²) in [6, 6.07) is 0. The van der Waals surface area contributed by atoms with Crippen molar-refractivity contribution >= 4 is 17.8 Å². The lowest BCUT2D eigenvalue weighted by Crippen LogP contribution is -2.47. The van der Waals surface area contributed by atoms with Gasteiger partial charge in [0.1, 0.15) is 5.92 Å². The Labute approximate surface area is 93.6 Å². The van der Waals surface area contributed by atoms with Crippen molar-refractivity contribution in [3.05, 3.63) is 0 Å². The smallest absolute Gasteiger partial charge is 0.315 e. The van der Waals surface area contributed by atoms with E-state index in [1.54, 1.807) is 13.8 Å². The molecule has 3 N–H and O–H groups in total. The monoisotopic (exact) mass is 231 g/mol. The van der Waals surface area contributed by atoms with Crippen molar-refractivity contribution in [2.24, 2.45) is 5.92 Å². The molecule has 6 heteroatoms. The zero-order valence-corrected chi connectivity index (χ0v) is 9.61. The number of hydrogen-bond acceptors (Lipinski definition) is 3. The fourth-order valence-electron chi connectivity index (χ4n) is 1.04. The lowest BCUT2D eigenvalue weighted by atomic mass is 9.97. The molecule has 0 heterocycles. The maximum absolute atomic E-state index is 11.4. The molecule has 92 valence electrons. The van der Waals surface area contributed by atoms with Crippen LogP contribution in [0, 0.1) is 5.92 Å². The van der Waals surface area contributed by atoms with Gasteiger partial charge in [0.05, 0.1) is 0 Å². The van der Waals surface area contributed by atoms with Crippen LogP contribution in [0.25, 0.3) is 0 Å². The number of hydrogen-bond donors (Lipinski definition) is 3. The van der Waals surface area contributed by atoms with Gasteiger partial charge in [0.2, 0.25) is 5.91 Å². The standard InChI is InChI=1S/C10H17NO5/c1-6(9(15)16)8(14)11-10(2,3)5-4-7(12)13/h6H,4-5H2,1-3H3,(H,11,14)(H,12,13)(H,15,16). The molecule has 0 spiro atoms. The summed E-state index contributed by atoms with van der Waals surface area (Å²) in [7, 11) is 0. The highest BCUT2D eigenvalue weighted by atomic mass is 16.4. The molecule has 0 aliphatic rings. The van der Waals surface area contributed by atoms with E-state index in [4.69, 9.17) is 10.2 Å². The van der Waals surface area contributed by atoms with Gasteiger partial charge < -0.3 is 15.5 Å². The van der Waals surface area contributed by atoms with Crippen LogP contribution in [0.4, 0.5) is 0 Å². The molecule has 0 aromatic heterocycles. The zero-order chi connectivity index (χ0) is 12.9. The quantitative estimate of drug-likeness (QED) is 0.576. The molecule has 1 atom stereocenters. The molecule has 0 saturated heterocycles. The minimum absolute atomic E-state index is 0.0747. The minimum atomic E-state index is -1.20. The number of carbonyl (C=O) groups excluding carboxylic acids is 1. The van der Waals surface area contributed by atoms with Crippen molar-refractivity contribution in [2.45, 2.75) is 39.2 Å². The van der Waals surface area contributed by atoms with Crippen LogP contribution in [0.1, 0.15) is 33.6 Å². The molecule has 0 aliphatic carbocycles. The molecule has 1 unspecified atom stereocenters. The molecule has 0 rings (SSSR count). The van der Waals surface area contributed by atoms with E-state index >= 15 is 0 Å². The summed E-state index contributed by atoms with van der Waals surface area (Å²) in [5.74, 6) is -3.90. The van der Waals surface area contributed by atoms with Gasteiger partial charge in [-0.15, -0.1) is 0 Å². The molecule has 0 bridgehead atoms. The zero-order valence-electron chi connectivity index (χ0n) is 9.61. The van der Waals surface area contributed by atoms with Gasteiger partial charge >= 0.3 is 11.9 Å². The van der Waals surface area contributed by atoms with Crippen LogP contribution in [0.2, 0.25) is 0 Å². The third-order valence-corrected chi connectivity index (χ3v) is 2.19. The highest BCUT2D eigenvalue weighted by Crippen LogP contribution is 2.12. The second-order valence-corrected chi connectivity index (χ2v) is 4.33. The van der Waals surface area contributed by atoms with Gasteiger partial charge in [0, 0.05) is 12.0 Å². The second kappa shape index (κ2) is 5.48. The molecule has 0 aromatic rings. The Bertz CT molecular complexity index is 298. The molecular formula is C10H17NO5. The summed E-state index contributed by atoms with van der Waals surface area (Å²) < 4.78 is 0. The predicted molar refractivity (Wildman–Crippen MR) is 55.9 cm³/mol. The number of aliphatic carboxylic acids is 2. The molecule has 1 amide bonds. The summed E-state index contributed by atoms with van der Waals surface area (Å²) >= 11 is 0.